The molecule has 0 radical (unpaired) electrons. The number of phenolic OH excluding ortho intramolecular Hbond substituents is 2. The van der Waals surface area contributed by atoms with Crippen LogP contribution in [0.2, 0.25) is 0 Å². The van der Waals surface area contributed by atoms with Gasteiger partial charge in [0.2, 0.25) is 5.43 Å². The van der Waals surface area contributed by atoms with Gasteiger partial charge in [0.1, 0.15) is 45.5 Å². The van der Waals surface area contributed by atoms with E-state index in [2.05, 4.69) is 0 Å². The maximum Gasteiger partial charge on any atom is 0.204 e. The third kappa shape index (κ3) is 2.40. The van der Waals surface area contributed by atoms with Gasteiger partial charge in [0.05, 0.1) is 12.0 Å². The molecule has 0 spiro atoms. The van der Waals surface area contributed by atoms with Gasteiger partial charge in [0, 0.05) is 24.1 Å². The SMILES string of the molecule is CC1(C)OC[C@](C)([C@H]2Cc3c(ccc4c(=O)c5c(O)cc(O)cc5oc34)O2)O1. The first-order valence-corrected chi connectivity index (χ1v) is 9.12. The van der Waals surface area contributed by atoms with Gasteiger partial charge < -0.3 is 28.8 Å². The first-order chi connectivity index (χ1) is 13.2. The standard InChI is InChI=1S/C21H20O7/c1-20(2)25-9-21(3,28-20)16-8-12-14(26-16)5-4-11-18(24)17-13(23)6-10(22)7-15(17)27-19(11)12/h4-7,16,22-23H,8-9H2,1-3H3/t16-,21-/m1/s1. The van der Waals surface area contributed by atoms with Crippen molar-refractivity contribution in [1.29, 1.82) is 0 Å². The van der Waals surface area contributed by atoms with Crippen LogP contribution < -0.4 is 10.2 Å². The highest BCUT2D eigenvalue weighted by atomic mass is 16.8. The summed E-state index contributed by atoms with van der Waals surface area (Å²) in [4.78, 5) is 12.9. The van der Waals surface area contributed by atoms with E-state index >= 15 is 0 Å². The molecular formula is C21H20O7. The van der Waals surface area contributed by atoms with Crippen LogP contribution in [0, 0.1) is 0 Å². The summed E-state index contributed by atoms with van der Waals surface area (Å²) in [7, 11) is 0. The van der Waals surface area contributed by atoms with Gasteiger partial charge >= 0.3 is 0 Å². The Balaban J connectivity index is 1.66. The van der Waals surface area contributed by atoms with Crippen molar-refractivity contribution in [3.63, 3.8) is 0 Å². The number of aromatic hydroxyl groups is 2. The zero-order valence-electron chi connectivity index (χ0n) is 15.7. The van der Waals surface area contributed by atoms with Crippen LogP contribution in [-0.4, -0.2) is 34.3 Å². The molecule has 2 N–H and O–H groups in total. The molecule has 7 nitrogen and oxygen atoms in total. The fourth-order valence-electron chi connectivity index (χ4n) is 4.17. The van der Waals surface area contributed by atoms with Crippen molar-refractivity contribution in [1.82, 2.24) is 0 Å². The second kappa shape index (κ2) is 5.40. The van der Waals surface area contributed by atoms with Crippen molar-refractivity contribution in [2.45, 2.75) is 44.7 Å². The summed E-state index contributed by atoms with van der Waals surface area (Å²) in [5.41, 5.74) is 0.290. The molecule has 146 valence electrons. The summed E-state index contributed by atoms with van der Waals surface area (Å²) in [6.07, 6.45) is 0.190. The van der Waals surface area contributed by atoms with Gasteiger partial charge in [0.25, 0.3) is 0 Å². The Morgan fingerprint density at radius 3 is 2.64 bits per heavy atom. The summed E-state index contributed by atoms with van der Waals surface area (Å²) in [5.74, 6) is -0.557. The molecule has 5 rings (SSSR count). The fraction of sp³-hybridized carbons (Fsp3) is 0.381. The van der Waals surface area contributed by atoms with E-state index in [4.69, 9.17) is 18.6 Å². The third-order valence-corrected chi connectivity index (χ3v) is 5.49. The van der Waals surface area contributed by atoms with Crippen LogP contribution in [0.4, 0.5) is 0 Å². The zero-order valence-corrected chi connectivity index (χ0v) is 15.7. The van der Waals surface area contributed by atoms with Gasteiger partial charge in [-0.1, -0.05) is 0 Å². The lowest BCUT2D eigenvalue weighted by Crippen LogP contribution is -2.45. The molecule has 3 heterocycles. The molecule has 3 aromatic rings. The van der Waals surface area contributed by atoms with Crippen LogP contribution in [0.1, 0.15) is 26.3 Å². The van der Waals surface area contributed by atoms with Crippen LogP contribution in [0.3, 0.4) is 0 Å². The number of ether oxygens (including phenoxy) is 3. The minimum absolute atomic E-state index is 0.0435. The number of benzene rings is 2. The van der Waals surface area contributed by atoms with Crippen molar-refractivity contribution >= 4 is 21.9 Å². The number of phenols is 2. The normalized spacial score (nSPS) is 25.9. The van der Waals surface area contributed by atoms with Crippen LogP contribution in [-0.2, 0) is 15.9 Å². The van der Waals surface area contributed by atoms with Crippen LogP contribution in [0.25, 0.3) is 21.9 Å². The van der Waals surface area contributed by atoms with Crippen molar-refractivity contribution in [3.8, 4) is 17.2 Å². The smallest absolute Gasteiger partial charge is 0.204 e. The third-order valence-electron chi connectivity index (χ3n) is 5.49. The molecule has 28 heavy (non-hydrogen) atoms. The maximum atomic E-state index is 12.9. The molecule has 2 atom stereocenters. The highest BCUT2D eigenvalue weighted by Gasteiger charge is 2.50. The van der Waals surface area contributed by atoms with Gasteiger partial charge in [-0.15, -0.1) is 0 Å². The Morgan fingerprint density at radius 2 is 1.93 bits per heavy atom. The van der Waals surface area contributed by atoms with Gasteiger partial charge in [-0.25, -0.2) is 0 Å². The topological polar surface area (TPSA) is 98.4 Å². The van der Waals surface area contributed by atoms with Gasteiger partial charge in [-0.05, 0) is 32.9 Å². The van der Waals surface area contributed by atoms with E-state index in [1.807, 2.05) is 20.8 Å². The molecular weight excluding hydrogens is 364 g/mol. The highest BCUT2D eigenvalue weighted by Crippen LogP contribution is 2.43. The van der Waals surface area contributed by atoms with E-state index in [1.165, 1.54) is 6.07 Å². The predicted molar refractivity (Wildman–Crippen MR) is 101 cm³/mol. The van der Waals surface area contributed by atoms with E-state index < -0.39 is 11.4 Å². The van der Waals surface area contributed by atoms with Crippen molar-refractivity contribution in [3.05, 3.63) is 40.1 Å². The molecule has 1 saturated heterocycles. The van der Waals surface area contributed by atoms with Crippen LogP contribution >= 0.6 is 0 Å². The molecule has 1 aromatic heterocycles. The summed E-state index contributed by atoms with van der Waals surface area (Å²) >= 11 is 0. The largest absolute Gasteiger partial charge is 0.508 e. The van der Waals surface area contributed by atoms with Gasteiger partial charge in [-0.2, -0.15) is 0 Å². The Bertz CT molecular complexity index is 1190. The van der Waals surface area contributed by atoms with Crippen LogP contribution in [0.15, 0.2) is 33.5 Å². The molecule has 0 aliphatic carbocycles. The lowest BCUT2D eigenvalue weighted by atomic mass is 9.95. The summed E-state index contributed by atoms with van der Waals surface area (Å²) < 4.78 is 23.9. The first-order valence-electron chi connectivity index (χ1n) is 9.12. The average molecular weight is 384 g/mol. The fourth-order valence-corrected chi connectivity index (χ4v) is 4.17. The number of hydrogen-bond donors (Lipinski definition) is 2. The highest BCUT2D eigenvalue weighted by molar-refractivity contribution is 5.95. The molecule has 7 heteroatoms. The van der Waals surface area contributed by atoms with E-state index in [9.17, 15) is 15.0 Å². The Morgan fingerprint density at radius 1 is 1.14 bits per heavy atom. The minimum atomic E-state index is -0.688. The second-order valence-corrected chi connectivity index (χ2v) is 8.10. The van der Waals surface area contributed by atoms with Gasteiger partial charge in [-0.3, -0.25) is 4.79 Å². The Labute approximate surface area is 160 Å². The minimum Gasteiger partial charge on any atom is -0.508 e. The van der Waals surface area contributed by atoms with E-state index in [0.717, 1.165) is 11.6 Å². The molecule has 2 aliphatic heterocycles. The second-order valence-electron chi connectivity index (χ2n) is 8.10. The molecule has 0 unspecified atom stereocenters. The van der Waals surface area contributed by atoms with E-state index in [1.54, 1.807) is 12.1 Å². The lowest BCUT2D eigenvalue weighted by Gasteiger charge is -2.30. The molecule has 0 saturated carbocycles. The molecule has 1 fully saturated rings. The number of fused-ring (bicyclic) bond motifs is 4. The predicted octanol–water partition coefficient (Wildman–Crippen LogP) is 3.20. The molecule has 0 bridgehead atoms. The molecule has 2 aliphatic rings. The number of rotatable bonds is 1. The first kappa shape index (κ1) is 17.3. The van der Waals surface area contributed by atoms with E-state index in [0.29, 0.717) is 29.7 Å². The average Bonchev–Trinajstić information content (AvgIpc) is 3.16. The molecule has 2 aromatic carbocycles. The zero-order chi connectivity index (χ0) is 19.8. The van der Waals surface area contributed by atoms with Gasteiger partial charge in [0.15, 0.2) is 5.79 Å². The Kier molecular flexibility index (Phi) is 3.34. The van der Waals surface area contributed by atoms with Crippen LogP contribution in [0.5, 0.6) is 17.2 Å². The summed E-state index contributed by atoms with van der Waals surface area (Å²) in [6, 6.07) is 5.81. The summed E-state index contributed by atoms with van der Waals surface area (Å²) in [5, 5.41) is 20.2. The van der Waals surface area contributed by atoms with E-state index in [-0.39, 0.29) is 34.0 Å². The Hall–Kier alpha value is -2.77. The number of hydrogen-bond acceptors (Lipinski definition) is 7. The molecule has 0 amide bonds. The quantitative estimate of drug-likeness (QED) is 0.622. The van der Waals surface area contributed by atoms with Crippen molar-refractivity contribution in [2.75, 3.05) is 6.61 Å². The lowest BCUT2D eigenvalue weighted by molar-refractivity contribution is -0.173. The summed E-state index contributed by atoms with van der Waals surface area (Å²) in [6.45, 7) is 6.06. The monoisotopic (exact) mass is 384 g/mol. The maximum absolute atomic E-state index is 12.9. The van der Waals surface area contributed by atoms with Crippen molar-refractivity contribution in [2.24, 2.45) is 0 Å². The van der Waals surface area contributed by atoms with Crippen molar-refractivity contribution < 1.29 is 28.8 Å².